The lowest BCUT2D eigenvalue weighted by atomic mass is 10.1. The van der Waals surface area contributed by atoms with Crippen molar-refractivity contribution in [2.45, 2.75) is 38.6 Å². The number of hydrogen-bond acceptors (Lipinski definition) is 3. The van der Waals surface area contributed by atoms with Crippen LogP contribution in [0, 0.1) is 21.7 Å². The maximum absolute atomic E-state index is 14.1. The van der Waals surface area contributed by atoms with Crippen LogP contribution >= 0.6 is 0 Å². The summed E-state index contributed by atoms with van der Waals surface area (Å²) >= 11 is 0. The Hall–Kier alpha value is -2.05. The Morgan fingerprint density at radius 2 is 2.00 bits per heavy atom. The van der Waals surface area contributed by atoms with Gasteiger partial charge < -0.3 is 4.90 Å². The average Bonchev–Trinajstić information content (AvgIpc) is 2.93. The quantitative estimate of drug-likeness (QED) is 0.633. The molecular formula is C14H16F2N2O3. The van der Waals surface area contributed by atoms with Gasteiger partial charge >= 0.3 is 5.69 Å². The number of carbonyl (C=O) groups excluding carboxylic acids is 1. The van der Waals surface area contributed by atoms with Crippen molar-refractivity contribution < 1.29 is 18.5 Å². The van der Waals surface area contributed by atoms with Crippen molar-refractivity contribution in [2.24, 2.45) is 0 Å². The molecule has 1 aromatic rings. The molecule has 1 aromatic carbocycles. The largest absolute Gasteiger partial charge is 0.336 e. The topological polar surface area (TPSA) is 63.5 Å². The molecule has 5 nitrogen and oxygen atoms in total. The second-order valence-corrected chi connectivity index (χ2v) is 5.04. The average molecular weight is 298 g/mol. The van der Waals surface area contributed by atoms with Gasteiger partial charge in [-0.05, 0) is 25.8 Å². The van der Waals surface area contributed by atoms with Crippen molar-refractivity contribution in [1.29, 1.82) is 0 Å². The molecule has 7 heteroatoms. The molecule has 1 amide bonds. The SMILES string of the molecule is CCN(C(=O)c1c(F)ccc([N+](=O)[O-])c1F)C1CCCC1. The first-order valence-corrected chi connectivity index (χ1v) is 6.90. The summed E-state index contributed by atoms with van der Waals surface area (Å²) in [6.45, 7) is 2.04. The lowest BCUT2D eigenvalue weighted by Crippen LogP contribution is -2.39. The Balaban J connectivity index is 2.41. The fourth-order valence-electron chi connectivity index (χ4n) is 2.81. The standard InChI is InChI=1S/C14H16F2N2O3/c1-2-17(9-5-3-4-6-9)14(19)12-10(15)7-8-11(13(12)16)18(20)21/h7-9H,2-6H2,1H3. The summed E-state index contributed by atoms with van der Waals surface area (Å²) in [5.74, 6) is -3.29. The van der Waals surface area contributed by atoms with Crippen molar-refractivity contribution >= 4 is 11.6 Å². The number of nitro benzene ring substituents is 1. The molecule has 0 spiro atoms. The lowest BCUT2D eigenvalue weighted by molar-refractivity contribution is -0.387. The second-order valence-electron chi connectivity index (χ2n) is 5.04. The molecule has 0 heterocycles. The summed E-state index contributed by atoms with van der Waals surface area (Å²) in [6, 6.07) is 1.44. The zero-order valence-corrected chi connectivity index (χ0v) is 11.6. The number of hydrogen-bond donors (Lipinski definition) is 0. The van der Waals surface area contributed by atoms with E-state index in [4.69, 9.17) is 0 Å². The van der Waals surface area contributed by atoms with E-state index in [0.29, 0.717) is 6.54 Å². The van der Waals surface area contributed by atoms with E-state index < -0.39 is 33.7 Å². The Morgan fingerprint density at radius 1 is 1.38 bits per heavy atom. The van der Waals surface area contributed by atoms with Crippen LogP contribution in [0.25, 0.3) is 0 Å². The van der Waals surface area contributed by atoms with Gasteiger partial charge in [-0.1, -0.05) is 12.8 Å². The van der Waals surface area contributed by atoms with Crippen molar-refractivity contribution in [2.75, 3.05) is 6.54 Å². The van der Waals surface area contributed by atoms with Crippen molar-refractivity contribution in [1.82, 2.24) is 4.90 Å². The number of amides is 1. The molecule has 114 valence electrons. The van der Waals surface area contributed by atoms with Gasteiger partial charge in [0, 0.05) is 18.7 Å². The van der Waals surface area contributed by atoms with Gasteiger partial charge in [-0.2, -0.15) is 4.39 Å². The first-order chi connectivity index (χ1) is 9.97. The van der Waals surface area contributed by atoms with Gasteiger partial charge in [-0.3, -0.25) is 14.9 Å². The van der Waals surface area contributed by atoms with Crippen LogP contribution in [-0.2, 0) is 0 Å². The van der Waals surface area contributed by atoms with Crippen LogP contribution in [0.5, 0.6) is 0 Å². The van der Waals surface area contributed by atoms with Gasteiger partial charge in [-0.25, -0.2) is 4.39 Å². The molecule has 0 unspecified atom stereocenters. The minimum Gasteiger partial charge on any atom is -0.336 e. The van der Waals surface area contributed by atoms with Crippen LogP contribution in [0.3, 0.4) is 0 Å². The number of rotatable bonds is 4. The summed E-state index contributed by atoms with van der Waals surface area (Å²) in [5, 5.41) is 10.7. The molecular weight excluding hydrogens is 282 g/mol. The third-order valence-electron chi connectivity index (χ3n) is 3.85. The van der Waals surface area contributed by atoms with Crippen molar-refractivity contribution in [3.05, 3.63) is 39.4 Å². The Labute approximate surface area is 120 Å². The third-order valence-corrected chi connectivity index (χ3v) is 3.85. The van der Waals surface area contributed by atoms with E-state index in [9.17, 15) is 23.7 Å². The predicted molar refractivity (Wildman–Crippen MR) is 72.0 cm³/mol. The Bertz CT molecular complexity index is 572. The Kier molecular flexibility index (Phi) is 4.50. The highest BCUT2D eigenvalue weighted by molar-refractivity contribution is 5.95. The monoisotopic (exact) mass is 298 g/mol. The molecule has 0 N–H and O–H groups in total. The lowest BCUT2D eigenvalue weighted by Gasteiger charge is -2.27. The molecule has 0 bridgehead atoms. The van der Waals surface area contributed by atoms with E-state index in [1.54, 1.807) is 6.92 Å². The molecule has 1 aliphatic carbocycles. The van der Waals surface area contributed by atoms with Crippen molar-refractivity contribution in [3.8, 4) is 0 Å². The maximum Gasteiger partial charge on any atom is 0.305 e. The summed E-state index contributed by atoms with van der Waals surface area (Å²) < 4.78 is 27.9. The molecule has 1 saturated carbocycles. The van der Waals surface area contributed by atoms with Gasteiger partial charge in [-0.15, -0.1) is 0 Å². The molecule has 1 fully saturated rings. The van der Waals surface area contributed by atoms with Gasteiger partial charge in [0.25, 0.3) is 5.91 Å². The highest BCUT2D eigenvalue weighted by Crippen LogP contribution is 2.28. The molecule has 0 aromatic heterocycles. The van der Waals surface area contributed by atoms with Crippen LogP contribution < -0.4 is 0 Å². The van der Waals surface area contributed by atoms with Crippen LogP contribution in [0.1, 0.15) is 43.0 Å². The van der Waals surface area contributed by atoms with Crippen molar-refractivity contribution in [3.63, 3.8) is 0 Å². The van der Waals surface area contributed by atoms with Crippen LogP contribution in [0.15, 0.2) is 12.1 Å². The number of benzene rings is 1. The van der Waals surface area contributed by atoms with Gasteiger partial charge in [0.05, 0.1) is 4.92 Å². The first-order valence-electron chi connectivity index (χ1n) is 6.90. The molecule has 21 heavy (non-hydrogen) atoms. The molecule has 0 aliphatic heterocycles. The van der Waals surface area contributed by atoms with Crippen LogP contribution in [0.4, 0.5) is 14.5 Å². The molecule has 0 saturated heterocycles. The normalized spacial score (nSPS) is 15.2. The summed E-state index contributed by atoms with van der Waals surface area (Å²) in [7, 11) is 0. The summed E-state index contributed by atoms with van der Waals surface area (Å²) in [4.78, 5) is 23.6. The number of nitrogens with zero attached hydrogens (tertiary/aromatic N) is 2. The van der Waals surface area contributed by atoms with Crippen LogP contribution in [0.2, 0.25) is 0 Å². The molecule has 0 atom stereocenters. The van der Waals surface area contributed by atoms with Gasteiger partial charge in [0.1, 0.15) is 11.4 Å². The van der Waals surface area contributed by atoms with E-state index in [0.717, 1.165) is 37.8 Å². The summed E-state index contributed by atoms with van der Waals surface area (Å²) in [5.41, 5.74) is -1.72. The van der Waals surface area contributed by atoms with E-state index >= 15 is 0 Å². The smallest absolute Gasteiger partial charge is 0.305 e. The highest BCUT2D eigenvalue weighted by atomic mass is 19.1. The zero-order valence-electron chi connectivity index (χ0n) is 11.6. The van der Waals surface area contributed by atoms with E-state index in [2.05, 4.69) is 0 Å². The number of halogens is 2. The van der Waals surface area contributed by atoms with Gasteiger partial charge in [0.15, 0.2) is 0 Å². The number of carbonyl (C=O) groups is 1. The summed E-state index contributed by atoms with van der Waals surface area (Å²) in [6.07, 6.45) is 3.51. The minimum atomic E-state index is -1.40. The Morgan fingerprint density at radius 3 is 2.52 bits per heavy atom. The minimum absolute atomic E-state index is 0.0550. The third kappa shape index (κ3) is 2.86. The maximum atomic E-state index is 14.1. The zero-order chi connectivity index (χ0) is 15.6. The molecule has 0 radical (unpaired) electrons. The van der Waals surface area contributed by atoms with E-state index in [1.807, 2.05) is 0 Å². The fourth-order valence-corrected chi connectivity index (χ4v) is 2.81. The van der Waals surface area contributed by atoms with Crippen LogP contribution in [-0.4, -0.2) is 28.3 Å². The molecule has 2 rings (SSSR count). The second kappa shape index (κ2) is 6.15. The van der Waals surface area contributed by atoms with Gasteiger partial charge in [0.2, 0.25) is 5.82 Å². The predicted octanol–water partition coefficient (Wildman–Crippen LogP) is 3.28. The van der Waals surface area contributed by atoms with E-state index in [1.165, 1.54) is 4.90 Å². The fraction of sp³-hybridized carbons (Fsp3) is 0.500. The first kappa shape index (κ1) is 15.3. The highest BCUT2D eigenvalue weighted by Gasteiger charge is 2.32. The molecule has 1 aliphatic rings. The number of nitro groups is 1. The van der Waals surface area contributed by atoms with E-state index in [-0.39, 0.29) is 6.04 Å².